The summed E-state index contributed by atoms with van der Waals surface area (Å²) in [6, 6.07) is 9.41. The summed E-state index contributed by atoms with van der Waals surface area (Å²) in [4.78, 5) is 22.2. The quantitative estimate of drug-likeness (QED) is 0.664. The second-order valence-electron chi connectivity index (χ2n) is 4.84. The van der Waals surface area contributed by atoms with Gasteiger partial charge in [-0.1, -0.05) is 23.4 Å². The highest BCUT2D eigenvalue weighted by Gasteiger charge is 2.06. The summed E-state index contributed by atoms with van der Waals surface area (Å²) in [5.74, 6) is -0.332. The Balaban J connectivity index is 1.61. The first-order valence-electron chi connectivity index (χ1n) is 7.19. The molecule has 0 radical (unpaired) electrons. The number of hydrogen-bond donors (Lipinski definition) is 2. The predicted molar refractivity (Wildman–Crippen MR) is 80.7 cm³/mol. The number of carboxylic acid groups (broad SMARTS) is 1. The average Bonchev–Trinajstić information content (AvgIpc) is 2.97. The van der Waals surface area contributed by atoms with Gasteiger partial charge in [0.1, 0.15) is 18.0 Å². The van der Waals surface area contributed by atoms with Gasteiger partial charge in [-0.25, -0.2) is 4.68 Å². The Labute approximate surface area is 133 Å². The number of amides is 1. The molecule has 0 aliphatic carbocycles. The van der Waals surface area contributed by atoms with Gasteiger partial charge in [-0.2, -0.15) is 0 Å². The lowest BCUT2D eigenvalue weighted by Crippen LogP contribution is -2.23. The topological polar surface area (TPSA) is 106 Å². The van der Waals surface area contributed by atoms with Crippen molar-refractivity contribution in [2.75, 3.05) is 6.61 Å². The first kappa shape index (κ1) is 16.5. The zero-order valence-electron chi connectivity index (χ0n) is 12.5. The van der Waals surface area contributed by atoms with Crippen molar-refractivity contribution in [1.29, 1.82) is 0 Å². The van der Waals surface area contributed by atoms with E-state index in [4.69, 9.17) is 9.84 Å². The maximum Gasteiger partial charge on any atom is 0.325 e. The second kappa shape index (κ2) is 8.52. The zero-order chi connectivity index (χ0) is 16.5. The van der Waals surface area contributed by atoms with Crippen LogP contribution in [-0.4, -0.2) is 38.6 Å². The number of para-hydroxylation sites is 1. The lowest BCUT2D eigenvalue weighted by Gasteiger charge is -2.06. The third kappa shape index (κ3) is 6.16. The molecular weight excluding hydrogens is 300 g/mol. The fraction of sp³-hybridized carbons (Fsp3) is 0.333. The number of ether oxygens (including phenoxy) is 1. The van der Waals surface area contributed by atoms with Gasteiger partial charge in [0.15, 0.2) is 0 Å². The first-order chi connectivity index (χ1) is 11.1. The third-order valence-electron chi connectivity index (χ3n) is 2.91. The number of carbonyl (C=O) groups excluding carboxylic acids is 1. The smallest absolute Gasteiger partial charge is 0.325 e. The Morgan fingerprint density at radius 3 is 2.78 bits per heavy atom. The molecular formula is C15H18N4O4. The van der Waals surface area contributed by atoms with Crippen LogP contribution in [0.5, 0.6) is 5.75 Å². The molecule has 23 heavy (non-hydrogen) atoms. The Morgan fingerprint density at radius 1 is 1.26 bits per heavy atom. The number of carbonyl (C=O) groups is 2. The maximum atomic E-state index is 11.7. The van der Waals surface area contributed by atoms with Gasteiger partial charge in [-0.3, -0.25) is 9.59 Å². The molecule has 2 N–H and O–H groups in total. The van der Waals surface area contributed by atoms with Gasteiger partial charge >= 0.3 is 5.97 Å². The molecule has 2 aromatic rings. The van der Waals surface area contributed by atoms with E-state index in [1.165, 1.54) is 10.9 Å². The van der Waals surface area contributed by atoms with Gasteiger partial charge in [0.25, 0.3) is 0 Å². The van der Waals surface area contributed by atoms with Crippen molar-refractivity contribution in [3.8, 4) is 5.75 Å². The van der Waals surface area contributed by atoms with Crippen molar-refractivity contribution in [2.24, 2.45) is 0 Å². The number of carboxylic acids is 1. The van der Waals surface area contributed by atoms with E-state index >= 15 is 0 Å². The Hall–Kier alpha value is -2.90. The minimum atomic E-state index is -0.996. The molecule has 8 nitrogen and oxygen atoms in total. The highest BCUT2D eigenvalue weighted by Crippen LogP contribution is 2.08. The van der Waals surface area contributed by atoms with Gasteiger partial charge in [0.2, 0.25) is 5.91 Å². The monoisotopic (exact) mass is 318 g/mol. The molecule has 1 aromatic carbocycles. The Morgan fingerprint density at radius 2 is 2.04 bits per heavy atom. The average molecular weight is 318 g/mol. The van der Waals surface area contributed by atoms with Crippen LogP contribution in [0, 0.1) is 0 Å². The van der Waals surface area contributed by atoms with E-state index < -0.39 is 5.97 Å². The number of rotatable bonds is 9. The van der Waals surface area contributed by atoms with Crippen LogP contribution in [0.4, 0.5) is 0 Å². The lowest BCUT2D eigenvalue weighted by atomic mass is 10.3. The Bertz CT molecular complexity index is 642. The van der Waals surface area contributed by atoms with Crippen LogP contribution in [0.3, 0.4) is 0 Å². The molecule has 0 aliphatic rings. The molecule has 0 bridgehead atoms. The molecule has 0 fully saturated rings. The summed E-state index contributed by atoms with van der Waals surface area (Å²) in [5, 5.41) is 18.8. The second-order valence-corrected chi connectivity index (χ2v) is 4.84. The summed E-state index contributed by atoms with van der Waals surface area (Å²) < 4.78 is 6.70. The van der Waals surface area contributed by atoms with Crippen molar-refractivity contribution in [3.05, 3.63) is 42.2 Å². The van der Waals surface area contributed by atoms with Gasteiger partial charge in [-0.15, -0.1) is 5.10 Å². The van der Waals surface area contributed by atoms with E-state index in [0.29, 0.717) is 25.1 Å². The lowest BCUT2D eigenvalue weighted by molar-refractivity contribution is -0.138. The van der Waals surface area contributed by atoms with Crippen LogP contribution in [0.25, 0.3) is 0 Å². The van der Waals surface area contributed by atoms with E-state index in [-0.39, 0.29) is 19.0 Å². The minimum Gasteiger partial charge on any atom is -0.494 e. The molecule has 0 saturated heterocycles. The fourth-order valence-corrected chi connectivity index (χ4v) is 1.85. The number of nitrogens with zero attached hydrogens (tertiary/aromatic N) is 3. The molecule has 8 heteroatoms. The van der Waals surface area contributed by atoms with E-state index in [1.807, 2.05) is 30.3 Å². The molecule has 0 aliphatic heterocycles. The van der Waals surface area contributed by atoms with Crippen molar-refractivity contribution < 1.29 is 19.4 Å². The summed E-state index contributed by atoms with van der Waals surface area (Å²) in [6.07, 6.45) is 2.44. The number of nitrogens with one attached hydrogen (secondary N) is 1. The number of benzene rings is 1. The van der Waals surface area contributed by atoms with E-state index in [1.54, 1.807) is 0 Å². The third-order valence-corrected chi connectivity index (χ3v) is 2.91. The van der Waals surface area contributed by atoms with Gasteiger partial charge in [-0.05, 0) is 18.6 Å². The summed E-state index contributed by atoms with van der Waals surface area (Å²) >= 11 is 0. The molecule has 1 aromatic heterocycles. The largest absolute Gasteiger partial charge is 0.494 e. The van der Waals surface area contributed by atoms with E-state index in [2.05, 4.69) is 15.6 Å². The molecule has 2 rings (SSSR count). The predicted octanol–water partition coefficient (Wildman–Crippen LogP) is 0.838. The van der Waals surface area contributed by atoms with Gasteiger partial charge in [0.05, 0.1) is 19.3 Å². The van der Waals surface area contributed by atoms with Crippen molar-refractivity contribution >= 4 is 11.9 Å². The van der Waals surface area contributed by atoms with Crippen molar-refractivity contribution in [2.45, 2.75) is 25.9 Å². The maximum absolute atomic E-state index is 11.7. The summed E-state index contributed by atoms with van der Waals surface area (Å²) in [6.45, 7) is 0.433. The normalized spacial score (nSPS) is 10.3. The van der Waals surface area contributed by atoms with Crippen LogP contribution >= 0.6 is 0 Å². The summed E-state index contributed by atoms with van der Waals surface area (Å²) in [5.41, 5.74) is 0.514. The van der Waals surface area contributed by atoms with E-state index in [0.717, 1.165) is 5.75 Å². The number of hydrogen-bond acceptors (Lipinski definition) is 5. The first-order valence-corrected chi connectivity index (χ1v) is 7.19. The highest BCUT2D eigenvalue weighted by atomic mass is 16.5. The Kier molecular flexibility index (Phi) is 6.10. The van der Waals surface area contributed by atoms with Crippen LogP contribution < -0.4 is 10.1 Å². The van der Waals surface area contributed by atoms with Crippen LogP contribution in [0.2, 0.25) is 0 Å². The number of aliphatic carboxylic acids is 1. The van der Waals surface area contributed by atoms with Gasteiger partial charge < -0.3 is 15.2 Å². The zero-order valence-corrected chi connectivity index (χ0v) is 12.5. The SMILES string of the molecule is O=C(O)Cn1cc(CNC(=O)CCCOc2ccccc2)nn1. The van der Waals surface area contributed by atoms with Crippen molar-refractivity contribution in [1.82, 2.24) is 20.3 Å². The molecule has 0 atom stereocenters. The fourth-order valence-electron chi connectivity index (χ4n) is 1.85. The standard InChI is InChI=1S/C15H18N4O4/c20-14(7-4-8-23-13-5-2-1-3-6-13)16-9-12-10-19(18-17-12)11-15(21)22/h1-3,5-6,10H,4,7-9,11H2,(H,16,20)(H,21,22). The highest BCUT2D eigenvalue weighted by molar-refractivity contribution is 5.75. The molecule has 1 amide bonds. The molecule has 1 heterocycles. The van der Waals surface area contributed by atoms with E-state index in [9.17, 15) is 9.59 Å². The molecule has 0 unspecified atom stereocenters. The minimum absolute atomic E-state index is 0.116. The van der Waals surface area contributed by atoms with Crippen LogP contribution in [0.15, 0.2) is 36.5 Å². The molecule has 0 spiro atoms. The molecule has 0 saturated carbocycles. The van der Waals surface area contributed by atoms with Crippen molar-refractivity contribution in [3.63, 3.8) is 0 Å². The van der Waals surface area contributed by atoms with Gasteiger partial charge in [0, 0.05) is 6.42 Å². The number of aromatic nitrogens is 3. The molecule has 122 valence electrons. The summed E-state index contributed by atoms with van der Waals surface area (Å²) in [7, 11) is 0. The van der Waals surface area contributed by atoms with Crippen LogP contribution in [-0.2, 0) is 22.7 Å². The van der Waals surface area contributed by atoms with Crippen LogP contribution in [0.1, 0.15) is 18.5 Å².